The number of pyridine rings is 1. The molecule has 1 aliphatic heterocycles. The standard InChI is InChI=1S/C22H20N4O6/c27-21(25-13-11-24(12-14-25)20-3-1-2-10-23-20)15-31-22(28)19-9-8-18(32-19)16-4-6-17(7-5-16)26(29)30/h1-10H,11-15H2. The van der Waals surface area contributed by atoms with Crippen LogP contribution in [0, 0.1) is 10.1 Å². The number of rotatable bonds is 6. The number of nitro benzene ring substituents is 1. The van der Waals surface area contributed by atoms with E-state index in [1.165, 1.54) is 30.3 Å². The van der Waals surface area contributed by atoms with E-state index in [9.17, 15) is 19.7 Å². The number of hydrogen-bond acceptors (Lipinski definition) is 8. The van der Waals surface area contributed by atoms with Gasteiger partial charge in [-0.2, -0.15) is 0 Å². The Morgan fingerprint density at radius 2 is 1.78 bits per heavy atom. The average Bonchev–Trinajstić information content (AvgIpc) is 3.33. The molecule has 10 nitrogen and oxygen atoms in total. The van der Waals surface area contributed by atoms with Crippen molar-refractivity contribution >= 4 is 23.4 Å². The van der Waals surface area contributed by atoms with Crippen LogP contribution in [0.3, 0.4) is 0 Å². The zero-order valence-electron chi connectivity index (χ0n) is 17.0. The first kappa shape index (κ1) is 21.0. The molecule has 1 fully saturated rings. The molecular weight excluding hydrogens is 416 g/mol. The number of anilines is 1. The number of carbonyl (C=O) groups excluding carboxylic acids is 2. The van der Waals surface area contributed by atoms with E-state index in [4.69, 9.17) is 9.15 Å². The highest BCUT2D eigenvalue weighted by atomic mass is 16.6. The van der Waals surface area contributed by atoms with Gasteiger partial charge in [0.05, 0.1) is 4.92 Å². The molecule has 164 valence electrons. The fraction of sp³-hybridized carbons (Fsp3) is 0.227. The molecular formula is C22H20N4O6. The van der Waals surface area contributed by atoms with E-state index in [0.29, 0.717) is 37.5 Å². The van der Waals surface area contributed by atoms with E-state index in [2.05, 4.69) is 9.88 Å². The van der Waals surface area contributed by atoms with Crippen LogP contribution in [0.5, 0.6) is 0 Å². The van der Waals surface area contributed by atoms with Gasteiger partial charge in [0.2, 0.25) is 5.76 Å². The molecule has 10 heteroatoms. The monoisotopic (exact) mass is 436 g/mol. The number of esters is 1. The molecule has 0 spiro atoms. The first-order chi connectivity index (χ1) is 15.5. The Balaban J connectivity index is 1.28. The van der Waals surface area contributed by atoms with Crippen molar-refractivity contribution in [1.82, 2.24) is 9.88 Å². The van der Waals surface area contributed by atoms with Crippen molar-refractivity contribution in [1.29, 1.82) is 0 Å². The van der Waals surface area contributed by atoms with E-state index < -0.39 is 10.9 Å². The molecule has 1 aromatic carbocycles. The maximum atomic E-state index is 12.4. The van der Waals surface area contributed by atoms with Crippen LogP contribution in [0.15, 0.2) is 65.2 Å². The van der Waals surface area contributed by atoms with Gasteiger partial charge in [-0.3, -0.25) is 14.9 Å². The number of nitrogens with zero attached hydrogens (tertiary/aromatic N) is 4. The summed E-state index contributed by atoms with van der Waals surface area (Å²) < 4.78 is 10.6. The molecule has 32 heavy (non-hydrogen) atoms. The van der Waals surface area contributed by atoms with Gasteiger partial charge in [0.25, 0.3) is 11.6 Å². The predicted molar refractivity (Wildman–Crippen MR) is 114 cm³/mol. The van der Waals surface area contributed by atoms with Gasteiger partial charge in [-0.15, -0.1) is 0 Å². The molecule has 3 heterocycles. The number of furan rings is 1. The van der Waals surface area contributed by atoms with Gasteiger partial charge in [-0.05, 0) is 36.4 Å². The second kappa shape index (κ2) is 9.29. The number of nitro groups is 1. The van der Waals surface area contributed by atoms with E-state index in [1.807, 2.05) is 18.2 Å². The van der Waals surface area contributed by atoms with E-state index >= 15 is 0 Å². The normalized spacial score (nSPS) is 13.6. The van der Waals surface area contributed by atoms with Crippen molar-refractivity contribution in [3.05, 3.63) is 76.7 Å². The largest absolute Gasteiger partial charge is 0.450 e. The van der Waals surface area contributed by atoms with Gasteiger partial charge < -0.3 is 19.0 Å². The van der Waals surface area contributed by atoms with E-state index in [0.717, 1.165) is 5.82 Å². The summed E-state index contributed by atoms with van der Waals surface area (Å²) in [7, 11) is 0. The summed E-state index contributed by atoms with van der Waals surface area (Å²) in [6.45, 7) is 1.94. The van der Waals surface area contributed by atoms with Crippen molar-refractivity contribution in [3.8, 4) is 11.3 Å². The van der Waals surface area contributed by atoms with Gasteiger partial charge in [0, 0.05) is 50.1 Å². The number of benzene rings is 1. The molecule has 0 unspecified atom stereocenters. The lowest BCUT2D eigenvalue weighted by atomic mass is 10.1. The highest BCUT2D eigenvalue weighted by molar-refractivity contribution is 5.89. The van der Waals surface area contributed by atoms with Gasteiger partial charge >= 0.3 is 5.97 Å². The molecule has 1 saturated heterocycles. The summed E-state index contributed by atoms with van der Waals surface area (Å²) in [6, 6.07) is 14.5. The molecule has 4 rings (SSSR count). The molecule has 3 aromatic rings. The topological polar surface area (TPSA) is 119 Å². The molecule has 0 atom stereocenters. The Hall–Kier alpha value is -4.21. The van der Waals surface area contributed by atoms with Crippen molar-refractivity contribution in [2.45, 2.75) is 0 Å². The Morgan fingerprint density at radius 3 is 2.44 bits per heavy atom. The van der Waals surface area contributed by atoms with Gasteiger partial charge in [0.1, 0.15) is 11.6 Å². The molecule has 0 N–H and O–H groups in total. The minimum Gasteiger partial charge on any atom is -0.450 e. The fourth-order valence-corrected chi connectivity index (χ4v) is 3.37. The van der Waals surface area contributed by atoms with Crippen LogP contribution in [-0.2, 0) is 9.53 Å². The number of non-ortho nitro benzene ring substituents is 1. The predicted octanol–water partition coefficient (Wildman–Crippen LogP) is 2.76. The zero-order valence-corrected chi connectivity index (χ0v) is 17.0. The molecule has 0 saturated carbocycles. The average molecular weight is 436 g/mol. The van der Waals surface area contributed by atoms with Crippen molar-refractivity contribution < 1.29 is 23.7 Å². The number of amides is 1. The van der Waals surface area contributed by atoms with Crippen LogP contribution in [0.1, 0.15) is 10.6 Å². The smallest absolute Gasteiger partial charge is 0.374 e. The minimum absolute atomic E-state index is 0.0423. The van der Waals surface area contributed by atoms with Crippen molar-refractivity contribution in [2.24, 2.45) is 0 Å². The number of piperazine rings is 1. The molecule has 1 aliphatic rings. The Bertz CT molecular complexity index is 1100. The highest BCUT2D eigenvalue weighted by Gasteiger charge is 2.23. The van der Waals surface area contributed by atoms with Crippen LogP contribution in [-0.4, -0.2) is 59.5 Å². The maximum absolute atomic E-state index is 12.4. The number of carbonyl (C=O) groups is 2. The number of aromatic nitrogens is 1. The highest BCUT2D eigenvalue weighted by Crippen LogP contribution is 2.25. The SMILES string of the molecule is O=C(OCC(=O)N1CCN(c2ccccn2)CC1)c1ccc(-c2ccc([N+](=O)[O-])cc2)o1. The quantitative estimate of drug-likeness (QED) is 0.329. The van der Waals surface area contributed by atoms with Crippen molar-refractivity contribution in [3.63, 3.8) is 0 Å². The zero-order chi connectivity index (χ0) is 22.5. The summed E-state index contributed by atoms with van der Waals surface area (Å²) in [6.07, 6.45) is 1.73. The summed E-state index contributed by atoms with van der Waals surface area (Å²) in [5, 5.41) is 10.7. The summed E-state index contributed by atoms with van der Waals surface area (Å²) in [5.74, 6) is 0.155. The Labute approximate surface area is 183 Å². The first-order valence-electron chi connectivity index (χ1n) is 9.97. The molecule has 1 amide bonds. The summed E-state index contributed by atoms with van der Waals surface area (Å²) >= 11 is 0. The third-order valence-electron chi connectivity index (χ3n) is 5.10. The molecule has 2 aromatic heterocycles. The Morgan fingerprint density at radius 1 is 1.03 bits per heavy atom. The lowest BCUT2D eigenvalue weighted by Crippen LogP contribution is -2.50. The fourth-order valence-electron chi connectivity index (χ4n) is 3.37. The minimum atomic E-state index is -0.751. The second-order valence-electron chi connectivity index (χ2n) is 7.10. The van der Waals surface area contributed by atoms with E-state index in [1.54, 1.807) is 17.2 Å². The first-order valence-corrected chi connectivity index (χ1v) is 9.97. The van der Waals surface area contributed by atoms with Crippen molar-refractivity contribution in [2.75, 3.05) is 37.7 Å². The van der Waals surface area contributed by atoms with Crippen LogP contribution in [0.2, 0.25) is 0 Å². The van der Waals surface area contributed by atoms with Crippen LogP contribution >= 0.6 is 0 Å². The van der Waals surface area contributed by atoms with Gasteiger partial charge in [-0.1, -0.05) is 6.07 Å². The number of hydrogen-bond donors (Lipinski definition) is 0. The van der Waals surface area contributed by atoms with Crippen LogP contribution < -0.4 is 4.90 Å². The molecule has 0 radical (unpaired) electrons. The van der Waals surface area contributed by atoms with E-state index in [-0.39, 0.29) is 24.0 Å². The van der Waals surface area contributed by atoms with Crippen LogP contribution in [0.25, 0.3) is 11.3 Å². The molecule has 0 aliphatic carbocycles. The van der Waals surface area contributed by atoms with Crippen LogP contribution in [0.4, 0.5) is 11.5 Å². The maximum Gasteiger partial charge on any atom is 0.374 e. The van der Waals surface area contributed by atoms with Gasteiger partial charge in [-0.25, -0.2) is 9.78 Å². The Kier molecular flexibility index (Phi) is 6.11. The summed E-state index contributed by atoms with van der Waals surface area (Å²) in [5.41, 5.74) is 0.538. The number of ether oxygens (including phenoxy) is 1. The molecule has 0 bridgehead atoms. The van der Waals surface area contributed by atoms with Gasteiger partial charge in [0.15, 0.2) is 6.61 Å². The third kappa shape index (κ3) is 4.75. The lowest BCUT2D eigenvalue weighted by molar-refractivity contribution is -0.384. The third-order valence-corrected chi connectivity index (χ3v) is 5.10. The summed E-state index contributed by atoms with van der Waals surface area (Å²) in [4.78, 5) is 43.0. The lowest BCUT2D eigenvalue weighted by Gasteiger charge is -2.35. The second-order valence-corrected chi connectivity index (χ2v) is 7.10.